The number of carboxylic acid groups (broad SMARTS) is 1. The summed E-state index contributed by atoms with van der Waals surface area (Å²) >= 11 is 7.59. The zero-order valence-electron chi connectivity index (χ0n) is 9.65. The number of aliphatic carboxylic acids is 1. The van der Waals surface area contributed by atoms with Crippen molar-refractivity contribution in [2.24, 2.45) is 0 Å². The quantitative estimate of drug-likeness (QED) is 0.802. The van der Waals surface area contributed by atoms with Gasteiger partial charge in [0.05, 0.1) is 0 Å². The monoisotopic (exact) mass is 273 g/mol. The molecule has 0 saturated heterocycles. The number of hydrogen-bond acceptors (Lipinski definition) is 3. The molecule has 2 N–H and O–H groups in total. The van der Waals surface area contributed by atoms with Crippen LogP contribution in [-0.2, 0) is 10.5 Å². The van der Waals surface area contributed by atoms with Gasteiger partial charge in [-0.25, -0.2) is 0 Å². The van der Waals surface area contributed by atoms with Gasteiger partial charge < -0.3 is 10.4 Å². The first-order valence-corrected chi connectivity index (χ1v) is 6.95. The average molecular weight is 274 g/mol. The third kappa shape index (κ3) is 4.98. The molecule has 0 aromatic heterocycles. The van der Waals surface area contributed by atoms with Crippen LogP contribution in [0.2, 0.25) is 5.02 Å². The van der Waals surface area contributed by atoms with Crippen LogP contribution in [-0.4, -0.2) is 29.4 Å². The van der Waals surface area contributed by atoms with Gasteiger partial charge in [-0.2, -0.15) is 11.8 Å². The van der Waals surface area contributed by atoms with Gasteiger partial charge in [0.2, 0.25) is 0 Å². The van der Waals surface area contributed by atoms with Gasteiger partial charge in [0.25, 0.3) is 0 Å². The minimum atomic E-state index is -0.807. The molecule has 1 unspecified atom stereocenters. The van der Waals surface area contributed by atoms with Gasteiger partial charge in [-0.15, -0.1) is 0 Å². The van der Waals surface area contributed by atoms with Crippen LogP contribution in [0.25, 0.3) is 0 Å². The minimum absolute atomic E-state index is 0.493. The Morgan fingerprint density at radius 3 is 2.82 bits per heavy atom. The maximum atomic E-state index is 10.9. The molecule has 1 aromatic carbocycles. The number of halogens is 1. The van der Waals surface area contributed by atoms with Gasteiger partial charge in [-0.3, -0.25) is 4.79 Å². The Balaban J connectivity index is 2.41. The Morgan fingerprint density at radius 1 is 1.53 bits per heavy atom. The van der Waals surface area contributed by atoms with Crippen molar-refractivity contribution in [3.05, 3.63) is 34.9 Å². The van der Waals surface area contributed by atoms with Crippen molar-refractivity contribution in [3.63, 3.8) is 0 Å². The molecule has 3 nitrogen and oxygen atoms in total. The summed E-state index contributed by atoms with van der Waals surface area (Å²) < 4.78 is 0. The number of rotatable bonds is 7. The summed E-state index contributed by atoms with van der Waals surface area (Å²) in [6.07, 6.45) is 0. The molecule has 0 aliphatic heterocycles. The summed E-state index contributed by atoms with van der Waals surface area (Å²) in [5.41, 5.74) is 1.04. The van der Waals surface area contributed by atoms with Crippen molar-refractivity contribution < 1.29 is 9.90 Å². The van der Waals surface area contributed by atoms with Crippen LogP contribution in [0, 0.1) is 0 Å². The normalized spacial score (nSPS) is 12.4. The highest BCUT2D eigenvalue weighted by molar-refractivity contribution is 7.98. The molecule has 0 saturated carbocycles. The maximum absolute atomic E-state index is 10.9. The minimum Gasteiger partial charge on any atom is -0.480 e. The van der Waals surface area contributed by atoms with Crippen molar-refractivity contribution in [3.8, 4) is 0 Å². The molecule has 94 valence electrons. The fourth-order valence-corrected chi connectivity index (χ4v) is 2.73. The molecule has 0 bridgehead atoms. The van der Waals surface area contributed by atoms with E-state index in [0.29, 0.717) is 12.3 Å². The molecule has 1 atom stereocenters. The second-order valence-corrected chi connectivity index (χ2v) is 4.99. The molecule has 1 rings (SSSR count). The van der Waals surface area contributed by atoms with Crippen LogP contribution in [0.4, 0.5) is 0 Å². The van der Waals surface area contributed by atoms with E-state index in [9.17, 15) is 4.79 Å². The fourth-order valence-electron chi connectivity index (χ4n) is 1.37. The topological polar surface area (TPSA) is 49.3 Å². The van der Waals surface area contributed by atoms with E-state index in [2.05, 4.69) is 5.32 Å². The van der Waals surface area contributed by atoms with Crippen LogP contribution in [0.3, 0.4) is 0 Å². The lowest BCUT2D eigenvalue weighted by molar-refractivity contribution is -0.138. The number of hydrogen-bond donors (Lipinski definition) is 2. The highest BCUT2D eigenvalue weighted by atomic mass is 35.5. The molecule has 0 spiro atoms. The van der Waals surface area contributed by atoms with Crippen LogP contribution < -0.4 is 5.32 Å². The predicted molar refractivity (Wildman–Crippen MR) is 72.7 cm³/mol. The molecule has 0 aliphatic carbocycles. The first-order valence-electron chi connectivity index (χ1n) is 5.42. The van der Waals surface area contributed by atoms with Crippen molar-refractivity contribution in [1.82, 2.24) is 5.32 Å². The van der Waals surface area contributed by atoms with Crippen LogP contribution in [0.5, 0.6) is 0 Å². The molecule has 1 aromatic rings. The van der Waals surface area contributed by atoms with Gasteiger partial charge in [0.15, 0.2) is 0 Å². The number of carbonyl (C=O) groups is 1. The summed E-state index contributed by atoms with van der Waals surface area (Å²) in [7, 11) is 0. The highest BCUT2D eigenvalue weighted by Crippen LogP contribution is 2.21. The van der Waals surface area contributed by atoms with Crippen molar-refractivity contribution in [2.45, 2.75) is 18.7 Å². The molecule has 0 fully saturated rings. The van der Waals surface area contributed by atoms with Crippen LogP contribution >= 0.6 is 23.4 Å². The fraction of sp³-hybridized carbons (Fsp3) is 0.417. The van der Waals surface area contributed by atoms with E-state index in [-0.39, 0.29) is 0 Å². The average Bonchev–Trinajstić information content (AvgIpc) is 2.30. The number of carboxylic acids is 1. The summed E-state index contributed by atoms with van der Waals surface area (Å²) in [4.78, 5) is 10.9. The largest absolute Gasteiger partial charge is 0.480 e. The molecule has 0 aliphatic rings. The van der Waals surface area contributed by atoms with Crippen LogP contribution in [0.1, 0.15) is 12.5 Å². The van der Waals surface area contributed by atoms with Crippen molar-refractivity contribution >= 4 is 29.3 Å². The molecule has 17 heavy (non-hydrogen) atoms. The van der Waals surface area contributed by atoms with Crippen molar-refractivity contribution in [2.75, 3.05) is 12.3 Å². The number of likely N-dealkylation sites (N-methyl/N-ethyl adjacent to an activating group) is 1. The number of benzene rings is 1. The lowest BCUT2D eigenvalue weighted by atomic mass is 10.2. The Morgan fingerprint density at radius 2 is 2.24 bits per heavy atom. The van der Waals surface area contributed by atoms with E-state index in [1.165, 1.54) is 0 Å². The van der Waals surface area contributed by atoms with Gasteiger partial charge in [0.1, 0.15) is 6.04 Å². The van der Waals surface area contributed by atoms with E-state index < -0.39 is 12.0 Å². The molecule has 0 amide bonds. The van der Waals surface area contributed by atoms with Gasteiger partial charge in [-0.1, -0.05) is 36.7 Å². The molecule has 0 radical (unpaired) electrons. The summed E-state index contributed by atoms with van der Waals surface area (Å²) in [6, 6.07) is 7.12. The Kier molecular flexibility index (Phi) is 6.40. The number of thioether (sulfide) groups is 1. The first kappa shape index (κ1) is 14.4. The Bertz CT molecular complexity index is 373. The van der Waals surface area contributed by atoms with Gasteiger partial charge in [-0.05, 0) is 18.2 Å². The van der Waals surface area contributed by atoms with Gasteiger partial charge in [0, 0.05) is 16.5 Å². The molecular formula is C12H16ClNO2S. The third-order valence-corrected chi connectivity index (χ3v) is 3.70. The lowest BCUT2D eigenvalue weighted by Gasteiger charge is -2.12. The predicted octanol–water partition coefficient (Wildman–Crippen LogP) is 2.64. The zero-order valence-corrected chi connectivity index (χ0v) is 11.2. The molecule has 5 heteroatoms. The Hall–Kier alpha value is -0.710. The second-order valence-electron chi connectivity index (χ2n) is 3.56. The zero-order chi connectivity index (χ0) is 12.7. The molecule has 0 heterocycles. The van der Waals surface area contributed by atoms with E-state index in [0.717, 1.165) is 16.3 Å². The van der Waals surface area contributed by atoms with E-state index >= 15 is 0 Å². The standard InChI is InChI=1S/C12H16ClNO2S/c1-2-14-11(12(15)16)8-17-7-9-5-3-4-6-10(9)13/h3-6,11,14H,2,7-8H2,1H3,(H,15,16). The van der Waals surface area contributed by atoms with Crippen molar-refractivity contribution in [1.29, 1.82) is 0 Å². The first-order chi connectivity index (χ1) is 8.15. The van der Waals surface area contributed by atoms with Crippen LogP contribution in [0.15, 0.2) is 24.3 Å². The number of nitrogens with one attached hydrogen (secondary N) is 1. The smallest absolute Gasteiger partial charge is 0.321 e. The maximum Gasteiger partial charge on any atom is 0.321 e. The summed E-state index contributed by atoms with van der Waals surface area (Å²) in [6.45, 7) is 2.55. The van der Waals surface area contributed by atoms with Gasteiger partial charge >= 0.3 is 5.97 Å². The lowest BCUT2D eigenvalue weighted by Crippen LogP contribution is -2.38. The molecular weight excluding hydrogens is 258 g/mol. The SMILES string of the molecule is CCNC(CSCc1ccccc1Cl)C(=O)O. The van der Waals surface area contributed by atoms with E-state index in [1.807, 2.05) is 31.2 Å². The Labute approximate surface area is 111 Å². The highest BCUT2D eigenvalue weighted by Gasteiger charge is 2.15. The summed E-state index contributed by atoms with van der Waals surface area (Å²) in [5, 5.41) is 12.6. The summed E-state index contributed by atoms with van der Waals surface area (Å²) in [5.74, 6) is 0.460. The van der Waals surface area contributed by atoms with E-state index in [4.69, 9.17) is 16.7 Å². The third-order valence-electron chi connectivity index (χ3n) is 2.25. The van der Waals surface area contributed by atoms with E-state index in [1.54, 1.807) is 11.8 Å². The second kappa shape index (κ2) is 7.58.